The monoisotopic (exact) mass is 254 g/mol. The van der Waals surface area contributed by atoms with E-state index < -0.39 is 0 Å². The number of nitrogens with one attached hydrogen (secondary N) is 1. The van der Waals surface area contributed by atoms with Crippen LogP contribution in [0.25, 0.3) is 0 Å². The van der Waals surface area contributed by atoms with Gasteiger partial charge in [0.2, 0.25) is 0 Å². The number of aryl methyl sites for hydroxylation is 2. The highest BCUT2D eigenvalue weighted by Crippen LogP contribution is 2.34. The molecule has 0 radical (unpaired) electrons. The first kappa shape index (κ1) is 12.5. The number of nitrogens with zero attached hydrogens (tertiary/aromatic N) is 1. The summed E-state index contributed by atoms with van der Waals surface area (Å²) in [6.07, 6.45) is 1.98. The van der Waals surface area contributed by atoms with Gasteiger partial charge in [0.05, 0.1) is 5.69 Å². The first-order chi connectivity index (χ1) is 8.69. The van der Waals surface area contributed by atoms with E-state index in [4.69, 9.17) is 5.26 Å². The van der Waals surface area contributed by atoms with Gasteiger partial charge in [0.15, 0.2) is 6.19 Å². The molecule has 2 rings (SSSR count). The summed E-state index contributed by atoms with van der Waals surface area (Å²) in [7, 11) is 0. The van der Waals surface area contributed by atoms with Gasteiger partial charge in [-0.2, -0.15) is 5.26 Å². The standard InChI is InChI=1S/C15H14N2S/c1-11-3-6-13(7-4-11)18-15-9-12(2)5-8-14(15)17-10-16/h3-9,17H,1-2H3. The molecule has 0 heterocycles. The Labute approximate surface area is 112 Å². The van der Waals surface area contributed by atoms with E-state index in [2.05, 4.69) is 49.5 Å². The van der Waals surface area contributed by atoms with Crippen LogP contribution in [-0.2, 0) is 0 Å². The Balaban J connectivity index is 2.30. The largest absolute Gasteiger partial charge is 0.292 e. The van der Waals surface area contributed by atoms with Crippen LogP contribution in [0.15, 0.2) is 52.3 Å². The molecule has 0 atom stereocenters. The number of nitriles is 1. The van der Waals surface area contributed by atoms with E-state index in [-0.39, 0.29) is 0 Å². The molecule has 0 spiro atoms. The molecule has 0 saturated heterocycles. The summed E-state index contributed by atoms with van der Waals surface area (Å²) in [5.74, 6) is 0. The molecule has 2 aromatic rings. The number of rotatable bonds is 3. The van der Waals surface area contributed by atoms with E-state index in [1.807, 2.05) is 18.3 Å². The average Bonchev–Trinajstić information content (AvgIpc) is 2.36. The highest BCUT2D eigenvalue weighted by molar-refractivity contribution is 7.99. The van der Waals surface area contributed by atoms with Crippen molar-refractivity contribution in [1.29, 1.82) is 5.26 Å². The Bertz CT molecular complexity index is 582. The molecule has 0 saturated carbocycles. The lowest BCUT2D eigenvalue weighted by Crippen LogP contribution is -1.90. The van der Waals surface area contributed by atoms with E-state index in [0.29, 0.717) is 0 Å². The van der Waals surface area contributed by atoms with Crippen molar-refractivity contribution < 1.29 is 0 Å². The van der Waals surface area contributed by atoms with Gasteiger partial charge in [0.1, 0.15) is 0 Å². The Morgan fingerprint density at radius 1 is 1.00 bits per heavy atom. The van der Waals surface area contributed by atoms with Gasteiger partial charge in [0.25, 0.3) is 0 Å². The normalized spacial score (nSPS) is 9.83. The zero-order valence-electron chi connectivity index (χ0n) is 10.4. The van der Waals surface area contributed by atoms with Gasteiger partial charge in [-0.05, 0) is 43.7 Å². The zero-order chi connectivity index (χ0) is 13.0. The number of hydrogen-bond donors (Lipinski definition) is 1. The highest BCUT2D eigenvalue weighted by Gasteiger charge is 2.04. The second-order valence-corrected chi connectivity index (χ2v) is 5.27. The molecule has 1 N–H and O–H groups in total. The lowest BCUT2D eigenvalue weighted by atomic mass is 10.2. The minimum atomic E-state index is 0.855. The fraction of sp³-hybridized carbons (Fsp3) is 0.133. The number of hydrogen-bond acceptors (Lipinski definition) is 3. The summed E-state index contributed by atoms with van der Waals surface area (Å²) in [6, 6.07) is 14.4. The number of benzene rings is 2. The van der Waals surface area contributed by atoms with Gasteiger partial charge < -0.3 is 0 Å². The van der Waals surface area contributed by atoms with Gasteiger partial charge in [-0.25, -0.2) is 0 Å². The van der Waals surface area contributed by atoms with Crippen molar-refractivity contribution in [3.8, 4) is 6.19 Å². The summed E-state index contributed by atoms with van der Waals surface area (Å²) in [5.41, 5.74) is 3.29. The van der Waals surface area contributed by atoms with E-state index >= 15 is 0 Å². The number of anilines is 1. The minimum Gasteiger partial charge on any atom is -0.292 e. The Kier molecular flexibility index (Phi) is 3.91. The molecule has 90 valence electrons. The van der Waals surface area contributed by atoms with Gasteiger partial charge in [-0.3, -0.25) is 5.32 Å². The first-order valence-electron chi connectivity index (χ1n) is 5.69. The Morgan fingerprint density at radius 3 is 2.33 bits per heavy atom. The summed E-state index contributed by atoms with van der Waals surface area (Å²) in [4.78, 5) is 2.24. The third-order valence-corrected chi connectivity index (χ3v) is 3.64. The third-order valence-electron chi connectivity index (χ3n) is 2.58. The van der Waals surface area contributed by atoms with Crippen LogP contribution in [0.1, 0.15) is 11.1 Å². The van der Waals surface area contributed by atoms with Crippen LogP contribution in [0.3, 0.4) is 0 Å². The minimum absolute atomic E-state index is 0.855. The molecular weight excluding hydrogens is 240 g/mol. The van der Waals surface area contributed by atoms with Gasteiger partial charge in [0, 0.05) is 9.79 Å². The second kappa shape index (κ2) is 5.61. The summed E-state index contributed by atoms with van der Waals surface area (Å²) < 4.78 is 0. The lowest BCUT2D eigenvalue weighted by molar-refractivity contribution is 1.32. The molecule has 0 fully saturated rings. The molecule has 0 aliphatic heterocycles. The Morgan fingerprint density at radius 2 is 1.67 bits per heavy atom. The third kappa shape index (κ3) is 3.06. The van der Waals surface area contributed by atoms with E-state index in [0.717, 1.165) is 10.6 Å². The van der Waals surface area contributed by atoms with E-state index in [9.17, 15) is 0 Å². The molecule has 18 heavy (non-hydrogen) atoms. The first-order valence-corrected chi connectivity index (χ1v) is 6.51. The predicted molar refractivity (Wildman–Crippen MR) is 75.7 cm³/mol. The molecule has 2 nitrogen and oxygen atoms in total. The van der Waals surface area contributed by atoms with Crippen molar-refractivity contribution in [2.24, 2.45) is 0 Å². The SMILES string of the molecule is Cc1ccc(Sc2cc(C)ccc2NC#N)cc1. The van der Waals surface area contributed by atoms with Crippen LogP contribution >= 0.6 is 11.8 Å². The highest BCUT2D eigenvalue weighted by atomic mass is 32.2. The zero-order valence-corrected chi connectivity index (χ0v) is 11.2. The molecule has 0 aliphatic carbocycles. The maximum atomic E-state index is 8.75. The maximum Gasteiger partial charge on any atom is 0.181 e. The molecular formula is C15H14N2S. The quantitative estimate of drug-likeness (QED) is 0.653. The van der Waals surface area contributed by atoms with Crippen LogP contribution < -0.4 is 5.32 Å². The van der Waals surface area contributed by atoms with Crippen LogP contribution in [0.2, 0.25) is 0 Å². The topological polar surface area (TPSA) is 35.8 Å². The molecule has 0 aromatic heterocycles. The lowest BCUT2D eigenvalue weighted by Gasteiger charge is -2.08. The van der Waals surface area contributed by atoms with Gasteiger partial charge in [-0.15, -0.1) is 0 Å². The van der Waals surface area contributed by atoms with Crippen LogP contribution in [-0.4, -0.2) is 0 Å². The van der Waals surface area contributed by atoms with Crippen molar-refractivity contribution >= 4 is 17.4 Å². The Hall–Kier alpha value is -1.92. The van der Waals surface area contributed by atoms with Crippen molar-refractivity contribution in [2.45, 2.75) is 23.6 Å². The fourth-order valence-corrected chi connectivity index (χ4v) is 2.61. The van der Waals surface area contributed by atoms with Crippen molar-refractivity contribution in [2.75, 3.05) is 5.32 Å². The molecule has 0 amide bonds. The predicted octanol–water partition coefficient (Wildman–Crippen LogP) is 4.35. The fourth-order valence-electron chi connectivity index (χ4n) is 1.61. The van der Waals surface area contributed by atoms with Crippen molar-refractivity contribution in [3.05, 3.63) is 53.6 Å². The van der Waals surface area contributed by atoms with Gasteiger partial charge in [-0.1, -0.05) is 35.5 Å². The second-order valence-electron chi connectivity index (χ2n) is 4.15. The van der Waals surface area contributed by atoms with Crippen molar-refractivity contribution in [1.82, 2.24) is 0 Å². The van der Waals surface area contributed by atoms with Gasteiger partial charge >= 0.3 is 0 Å². The van der Waals surface area contributed by atoms with E-state index in [1.165, 1.54) is 16.0 Å². The van der Waals surface area contributed by atoms with Crippen LogP contribution in [0.4, 0.5) is 5.69 Å². The molecule has 0 bridgehead atoms. The van der Waals surface area contributed by atoms with Crippen LogP contribution in [0.5, 0.6) is 0 Å². The summed E-state index contributed by atoms with van der Waals surface area (Å²) in [5, 5.41) is 11.5. The smallest absolute Gasteiger partial charge is 0.181 e. The summed E-state index contributed by atoms with van der Waals surface area (Å²) >= 11 is 1.66. The maximum absolute atomic E-state index is 8.75. The summed E-state index contributed by atoms with van der Waals surface area (Å²) in [6.45, 7) is 4.12. The molecule has 0 aliphatic rings. The van der Waals surface area contributed by atoms with E-state index in [1.54, 1.807) is 11.8 Å². The average molecular weight is 254 g/mol. The van der Waals surface area contributed by atoms with Crippen LogP contribution in [0, 0.1) is 25.3 Å². The van der Waals surface area contributed by atoms with Crippen molar-refractivity contribution in [3.63, 3.8) is 0 Å². The molecule has 0 unspecified atom stereocenters. The molecule has 2 aromatic carbocycles. The molecule has 3 heteroatoms.